The van der Waals surface area contributed by atoms with Crippen molar-refractivity contribution in [2.45, 2.75) is 45.2 Å². The van der Waals surface area contributed by atoms with E-state index in [1.165, 1.54) is 4.90 Å². The van der Waals surface area contributed by atoms with Crippen molar-refractivity contribution in [3.8, 4) is 0 Å². The van der Waals surface area contributed by atoms with Crippen LogP contribution in [0, 0.1) is 0 Å². The van der Waals surface area contributed by atoms with Crippen molar-refractivity contribution in [1.29, 1.82) is 0 Å². The third kappa shape index (κ3) is 5.73. The van der Waals surface area contributed by atoms with E-state index in [4.69, 9.17) is 4.74 Å². The molecule has 1 aliphatic heterocycles. The first-order valence-electron chi connectivity index (χ1n) is 6.75. The van der Waals surface area contributed by atoms with E-state index in [0.29, 0.717) is 32.7 Å². The number of rotatable bonds is 6. The van der Waals surface area contributed by atoms with E-state index in [1.807, 2.05) is 0 Å². The zero-order valence-corrected chi connectivity index (χ0v) is 12.8. The molecule has 6 heteroatoms. The lowest BCUT2D eigenvalue weighted by molar-refractivity contribution is -0.118. The number of halogens is 4. The van der Waals surface area contributed by atoms with E-state index in [9.17, 15) is 13.2 Å². The van der Waals surface area contributed by atoms with Crippen molar-refractivity contribution in [1.82, 2.24) is 4.90 Å². The highest BCUT2D eigenvalue weighted by Gasteiger charge is 2.40. The Bertz CT molecular complexity index is 299. The van der Waals surface area contributed by atoms with Gasteiger partial charge in [0.1, 0.15) is 5.70 Å². The number of unbranched alkanes of at least 4 members (excludes halogenated alkanes) is 3. The van der Waals surface area contributed by atoms with Crippen LogP contribution in [0.3, 0.4) is 0 Å². The zero-order valence-electron chi connectivity index (χ0n) is 11.2. The predicted molar refractivity (Wildman–Crippen MR) is 73.2 cm³/mol. The molecule has 2 nitrogen and oxygen atoms in total. The van der Waals surface area contributed by atoms with Crippen LogP contribution in [0.4, 0.5) is 13.2 Å². The fourth-order valence-electron chi connectivity index (χ4n) is 2.12. The first-order valence-corrected chi connectivity index (χ1v) is 7.54. The van der Waals surface area contributed by atoms with Crippen LogP contribution in [0.2, 0.25) is 0 Å². The maximum atomic E-state index is 13.2. The van der Waals surface area contributed by atoms with Crippen molar-refractivity contribution in [2.75, 3.05) is 26.3 Å². The van der Waals surface area contributed by atoms with Gasteiger partial charge in [0.15, 0.2) is 0 Å². The molecule has 112 valence electrons. The summed E-state index contributed by atoms with van der Waals surface area (Å²) in [5.74, 6) is 0. The van der Waals surface area contributed by atoms with Gasteiger partial charge >= 0.3 is 6.18 Å². The summed E-state index contributed by atoms with van der Waals surface area (Å²) >= 11 is 3.14. The highest BCUT2D eigenvalue weighted by atomic mass is 79.9. The molecular weight excluding hydrogens is 323 g/mol. The van der Waals surface area contributed by atoms with Gasteiger partial charge in [-0.25, -0.2) is 0 Å². The molecule has 0 amide bonds. The standard InChI is InChI=1S/C13H21BrF3NO/c1-2-3-4-5-6-11(14)12(13(15,16)17)18-7-9-19-10-8-18/h2-10H2,1H3/b12-11-. The summed E-state index contributed by atoms with van der Waals surface area (Å²) in [6.45, 7) is 3.41. The molecule has 0 aromatic rings. The number of morpholine rings is 1. The molecule has 1 heterocycles. The van der Waals surface area contributed by atoms with Gasteiger partial charge in [0, 0.05) is 17.6 Å². The van der Waals surface area contributed by atoms with Gasteiger partial charge in [0.2, 0.25) is 0 Å². The van der Waals surface area contributed by atoms with E-state index in [1.54, 1.807) is 0 Å². The SMILES string of the molecule is CCCCCC/C(Br)=C(/N1CCOCC1)C(F)(F)F. The van der Waals surface area contributed by atoms with Crippen LogP contribution in [-0.4, -0.2) is 37.4 Å². The Morgan fingerprint density at radius 1 is 1.16 bits per heavy atom. The van der Waals surface area contributed by atoms with E-state index >= 15 is 0 Å². The second-order valence-electron chi connectivity index (χ2n) is 4.66. The van der Waals surface area contributed by atoms with Crippen molar-refractivity contribution in [3.05, 3.63) is 10.2 Å². The molecule has 0 N–H and O–H groups in total. The summed E-state index contributed by atoms with van der Waals surface area (Å²) in [6.07, 6.45) is 0.0570. The van der Waals surface area contributed by atoms with Gasteiger partial charge in [0.05, 0.1) is 13.2 Å². The molecule has 0 atom stereocenters. The number of alkyl halides is 3. The normalized spacial score (nSPS) is 18.5. The third-order valence-electron chi connectivity index (χ3n) is 3.10. The molecular formula is C13H21BrF3NO. The van der Waals surface area contributed by atoms with Crippen LogP contribution in [0.1, 0.15) is 39.0 Å². The molecule has 0 radical (unpaired) electrons. The van der Waals surface area contributed by atoms with E-state index in [-0.39, 0.29) is 4.48 Å². The lowest BCUT2D eigenvalue weighted by Gasteiger charge is -2.33. The molecule has 1 aliphatic rings. The average Bonchev–Trinajstić information content (AvgIpc) is 2.34. The molecule has 0 aromatic heterocycles. The smallest absolute Gasteiger partial charge is 0.378 e. The Kier molecular flexibility index (Phi) is 7.21. The summed E-state index contributed by atoms with van der Waals surface area (Å²) in [6, 6.07) is 0. The lowest BCUT2D eigenvalue weighted by atomic mass is 10.1. The van der Waals surface area contributed by atoms with Gasteiger partial charge in [-0.2, -0.15) is 13.2 Å². The van der Waals surface area contributed by atoms with Gasteiger partial charge in [-0.15, -0.1) is 0 Å². The fourth-order valence-corrected chi connectivity index (χ4v) is 2.87. The number of nitrogens with zero attached hydrogens (tertiary/aromatic N) is 1. The quantitative estimate of drug-likeness (QED) is 0.660. The summed E-state index contributed by atoms with van der Waals surface area (Å²) in [4.78, 5) is 1.38. The Hall–Kier alpha value is -0.230. The Morgan fingerprint density at radius 3 is 2.32 bits per heavy atom. The monoisotopic (exact) mass is 343 g/mol. The van der Waals surface area contributed by atoms with Crippen LogP contribution in [0.5, 0.6) is 0 Å². The summed E-state index contributed by atoms with van der Waals surface area (Å²) in [5.41, 5.74) is -0.521. The molecule has 0 aliphatic carbocycles. The largest absolute Gasteiger partial charge is 0.431 e. The summed E-state index contributed by atoms with van der Waals surface area (Å²) in [5, 5.41) is 0. The molecule has 0 aromatic carbocycles. The van der Waals surface area contributed by atoms with Crippen molar-refractivity contribution < 1.29 is 17.9 Å². The van der Waals surface area contributed by atoms with E-state index in [2.05, 4.69) is 22.9 Å². The predicted octanol–water partition coefficient (Wildman–Crippen LogP) is 4.46. The molecule has 0 saturated carbocycles. The second kappa shape index (κ2) is 8.15. The molecule has 1 fully saturated rings. The van der Waals surface area contributed by atoms with Crippen LogP contribution in [0.25, 0.3) is 0 Å². The number of hydrogen-bond donors (Lipinski definition) is 0. The van der Waals surface area contributed by atoms with Crippen LogP contribution in [-0.2, 0) is 4.74 Å². The maximum Gasteiger partial charge on any atom is 0.431 e. The second-order valence-corrected chi connectivity index (χ2v) is 5.62. The molecule has 0 unspecified atom stereocenters. The topological polar surface area (TPSA) is 12.5 Å². The van der Waals surface area contributed by atoms with Gasteiger partial charge in [-0.1, -0.05) is 42.1 Å². The van der Waals surface area contributed by atoms with Gasteiger partial charge in [0.25, 0.3) is 0 Å². The van der Waals surface area contributed by atoms with Crippen molar-refractivity contribution in [2.24, 2.45) is 0 Å². The first kappa shape index (κ1) is 16.8. The molecule has 1 rings (SSSR count). The van der Waals surface area contributed by atoms with Gasteiger partial charge in [-0.05, 0) is 12.8 Å². The first-order chi connectivity index (χ1) is 8.96. The van der Waals surface area contributed by atoms with E-state index < -0.39 is 11.9 Å². The Labute approximate surface area is 121 Å². The highest BCUT2D eigenvalue weighted by molar-refractivity contribution is 9.11. The lowest BCUT2D eigenvalue weighted by Crippen LogP contribution is -2.40. The van der Waals surface area contributed by atoms with Crippen molar-refractivity contribution in [3.63, 3.8) is 0 Å². The number of allylic oxidation sites excluding steroid dienone is 2. The average molecular weight is 344 g/mol. The maximum absolute atomic E-state index is 13.2. The van der Waals surface area contributed by atoms with Crippen LogP contribution in [0.15, 0.2) is 10.2 Å². The van der Waals surface area contributed by atoms with E-state index in [0.717, 1.165) is 25.7 Å². The number of hydrogen-bond acceptors (Lipinski definition) is 2. The van der Waals surface area contributed by atoms with Crippen LogP contribution < -0.4 is 0 Å². The molecule has 0 spiro atoms. The van der Waals surface area contributed by atoms with Gasteiger partial charge in [-0.3, -0.25) is 0 Å². The molecule has 19 heavy (non-hydrogen) atoms. The Morgan fingerprint density at radius 2 is 1.79 bits per heavy atom. The summed E-state index contributed by atoms with van der Waals surface area (Å²) < 4.78 is 44.9. The minimum absolute atomic E-state index is 0.276. The zero-order chi connectivity index (χ0) is 14.3. The third-order valence-corrected chi connectivity index (χ3v) is 3.87. The molecule has 0 bridgehead atoms. The molecule has 1 saturated heterocycles. The minimum Gasteiger partial charge on any atom is -0.378 e. The highest BCUT2D eigenvalue weighted by Crippen LogP contribution is 2.35. The minimum atomic E-state index is -4.30. The fraction of sp³-hybridized carbons (Fsp3) is 0.846. The van der Waals surface area contributed by atoms with Crippen molar-refractivity contribution >= 4 is 15.9 Å². The van der Waals surface area contributed by atoms with Crippen LogP contribution >= 0.6 is 15.9 Å². The Balaban J connectivity index is 2.70. The van der Waals surface area contributed by atoms with Gasteiger partial charge < -0.3 is 9.64 Å². The summed E-state index contributed by atoms with van der Waals surface area (Å²) in [7, 11) is 0. The number of ether oxygens (including phenoxy) is 1.